The lowest BCUT2D eigenvalue weighted by Crippen LogP contribution is -2.18. The average Bonchev–Trinajstić information content (AvgIpc) is 3.04. The lowest BCUT2D eigenvalue weighted by Gasteiger charge is -2.03. The standard InChI is InChI=1S/C12H18N4O3S/c1-13-20(17,18)12-4-3-10(19-12)9-14-6-5-11-15-7-8-16(11)2/h3-4,7-8,13-14H,5-6,9H2,1-2H3. The molecule has 0 aliphatic carbocycles. The fourth-order valence-electron chi connectivity index (χ4n) is 1.75. The first-order valence-corrected chi connectivity index (χ1v) is 7.70. The number of hydrogen-bond donors (Lipinski definition) is 2. The number of furan rings is 1. The highest BCUT2D eigenvalue weighted by atomic mass is 32.2. The molecule has 0 radical (unpaired) electrons. The normalized spacial score (nSPS) is 11.9. The molecule has 0 aliphatic rings. The van der Waals surface area contributed by atoms with E-state index in [1.54, 1.807) is 12.3 Å². The number of rotatable bonds is 7. The van der Waals surface area contributed by atoms with Gasteiger partial charge in [0.15, 0.2) is 0 Å². The largest absolute Gasteiger partial charge is 0.447 e. The maximum Gasteiger partial charge on any atom is 0.273 e. The van der Waals surface area contributed by atoms with Crippen LogP contribution in [0.2, 0.25) is 0 Å². The summed E-state index contributed by atoms with van der Waals surface area (Å²) in [6, 6.07) is 3.10. The fraction of sp³-hybridized carbons (Fsp3) is 0.417. The highest BCUT2D eigenvalue weighted by molar-refractivity contribution is 7.89. The Labute approximate surface area is 118 Å². The highest BCUT2D eigenvalue weighted by Crippen LogP contribution is 2.13. The van der Waals surface area contributed by atoms with Crippen molar-refractivity contribution < 1.29 is 12.8 Å². The molecule has 0 saturated carbocycles. The molecule has 7 nitrogen and oxygen atoms in total. The lowest BCUT2D eigenvalue weighted by atomic mass is 10.4. The van der Waals surface area contributed by atoms with Gasteiger partial charge in [0.1, 0.15) is 11.6 Å². The van der Waals surface area contributed by atoms with Crippen molar-refractivity contribution in [2.45, 2.75) is 18.1 Å². The van der Waals surface area contributed by atoms with Crippen molar-refractivity contribution in [3.63, 3.8) is 0 Å². The van der Waals surface area contributed by atoms with Crippen molar-refractivity contribution >= 4 is 10.0 Å². The van der Waals surface area contributed by atoms with E-state index in [-0.39, 0.29) is 5.09 Å². The van der Waals surface area contributed by atoms with Crippen LogP contribution in [0.25, 0.3) is 0 Å². The first kappa shape index (κ1) is 14.8. The van der Waals surface area contributed by atoms with E-state index in [4.69, 9.17) is 4.42 Å². The second-order valence-corrected chi connectivity index (χ2v) is 6.13. The smallest absolute Gasteiger partial charge is 0.273 e. The van der Waals surface area contributed by atoms with Gasteiger partial charge in [-0.15, -0.1) is 0 Å². The summed E-state index contributed by atoms with van der Waals surface area (Å²) < 4.78 is 32.4. The van der Waals surface area contributed by atoms with Crippen molar-refractivity contribution in [1.29, 1.82) is 0 Å². The highest BCUT2D eigenvalue weighted by Gasteiger charge is 2.15. The molecule has 0 bridgehead atoms. The summed E-state index contributed by atoms with van der Waals surface area (Å²) in [5.41, 5.74) is 0. The van der Waals surface area contributed by atoms with E-state index in [1.165, 1.54) is 13.1 Å². The number of aryl methyl sites for hydroxylation is 1. The first-order chi connectivity index (χ1) is 9.53. The average molecular weight is 298 g/mol. The third kappa shape index (κ3) is 3.47. The van der Waals surface area contributed by atoms with Crippen LogP contribution >= 0.6 is 0 Å². The van der Waals surface area contributed by atoms with Gasteiger partial charge >= 0.3 is 0 Å². The molecule has 2 aromatic rings. The van der Waals surface area contributed by atoms with Crippen molar-refractivity contribution in [1.82, 2.24) is 19.6 Å². The van der Waals surface area contributed by atoms with Crippen LogP contribution in [-0.2, 0) is 30.0 Å². The molecular formula is C12H18N4O3S. The molecular weight excluding hydrogens is 280 g/mol. The number of imidazole rings is 1. The molecule has 0 aliphatic heterocycles. The molecule has 0 unspecified atom stereocenters. The van der Waals surface area contributed by atoms with Crippen LogP contribution in [0.15, 0.2) is 34.0 Å². The van der Waals surface area contributed by atoms with Gasteiger partial charge in [0.05, 0.1) is 6.54 Å². The van der Waals surface area contributed by atoms with Gasteiger partial charge in [-0.1, -0.05) is 0 Å². The Morgan fingerprint density at radius 1 is 1.40 bits per heavy atom. The van der Waals surface area contributed by atoms with Gasteiger partial charge in [-0.05, 0) is 19.2 Å². The Morgan fingerprint density at radius 2 is 2.20 bits per heavy atom. The zero-order valence-corrected chi connectivity index (χ0v) is 12.3. The van der Waals surface area contributed by atoms with Crippen molar-refractivity contribution in [3.8, 4) is 0 Å². The second kappa shape index (κ2) is 6.21. The molecule has 20 heavy (non-hydrogen) atoms. The Kier molecular flexibility index (Phi) is 4.58. The first-order valence-electron chi connectivity index (χ1n) is 6.22. The zero-order chi connectivity index (χ0) is 14.6. The monoisotopic (exact) mass is 298 g/mol. The van der Waals surface area contributed by atoms with Gasteiger partial charge in [-0.2, -0.15) is 0 Å². The third-order valence-corrected chi connectivity index (χ3v) is 4.20. The molecule has 0 atom stereocenters. The van der Waals surface area contributed by atoms with Crippen LogP contribution in [0.4, 0.5) is 0 Å². The van der Waals surface area contributed by atoms with Crippen molar-refractivity contribution in [3.05, 3.63) is 36.1 Å². The molecule has 110 valence electrons. The van der Waals surface area contributed by atoms with E-state index in [0.717, 1.165) is 18.8 Å². The Hall–Kier alpha value is -1.64. The van der Waals surface area contributed by atoms with Gasteiger partial charge in [-0.25, -0.2) is 18.1 Å². The molecule has 0 spiro atoms. The van der Waals surface area contributed by atoms with Crippen LogP contribution in [0, 0.1) is 0 Å². The minimum Gasteiger partial charge on any atom is -0.447 e. The maximum atomic E-state index is 11.5. The molecule has 0 saturated heterocycles. The molecule has 0 aromatic carbocycles. The minimum atomic E-state index is -3.51. The fourth-order valence-corrected chi connectivity index (χ4v) is 2.41. The van der Waals surface area contributed by atoms with E-state index < -0.39 is 10.0 Å². The number of nitrogens with zero attached hydrogens (tertiary/aromatic N) is 2. The van der Waals surface area contributed by atoms with Crippen molar-refractivity contribution in [2.75, 3.05) is 13.6 Å². The number of aromatic nitrogens is 2. The second-order valence-electron chi connectivity index (χ2n) is 4.31. The van der Waals surface area contributed by atoms with Crippen LogP contribution in [0.3, 0.4) is 0 Å². The van der Waals surface area contributed by atoms with Crippen LogP contribution in [0.5, 0.6) is 0 Å². The lowest BCUT2D eigenvalue weighted by molar-refractivity contribution is 0.401. The summed E-state index contributed by atoms with van der Waals surface area (Å²) in [7, 11) is -0.209. The van der Waals surface area contributed by atoms with Gasteiger partial charge in [0.25, 0.3) is 10.0 Å². The van der Waals surface area contributed by atoms with E-state index in [9.17, 15) is 8.42 Å². The van der Waals surface area contributed by atoms with E-state index >= 15 is 0 Å². The maximum absolute atomic E-state index is 11.5. The number of nitrogens with one attached hydrogen (secondary N) is 2. The van der Waals surface area contributed by atoms with Gasteiger partial charge in [0.2, 0.25) is 5.09 Å². The molecule has 2 N–H and O–H groups in total. The van der Waals surface area contributed by atoms with E-state index in [1.807, 2.05) is 17.8 Å². The van der Waals surface area contributed by atoms with Gasteiger partial charge < -0.3 is 14.3 Å². The zero-order valence-electron chi connectivity index (χ0n) is 11.5. The summed E-state index contributed by atoms with van der Waals surface area (Å²) in [5.74, 6) is 1.58. The molecule has 0 fully saturated rings. The van der Waals surface area contributed by atoms with E-state index in [0.29, 0.717) is 12.3 Å². The molecule has 8 heteroatoms. The Morgan fingerprint density at radius 3 is 2.85 bits per heavy atom. The summed E-state index contributed by atoms with van der Waals surface area (Å²) in [6.45, 7) is 1.21. The van der Waals surface area contributed by atoms with Crippen LogP contribution < -0.4 is 10.0 Å². The summed E-state index contributed by atoms with van der Waals surface area (Å²) >= 11 is 0. The predicted molar refractivity (Wildman–Crippen MR) is 73.6 cm³/mol. The summed E-state index contributed by atoms with van der Waals surface area (Å²) in [4.78, 5) is 4.22. The molecule has 2 heterocycles. The summed E-state index contributed by atoms with van der Waals surface area (Å²) in [5, 5.41) is 3.12. The number of hydrogen-bond acceptors (Lipinski definition) is 5. The van der Waals surface area contributed by atoms with Crippen LogP contribution in [-0.4, -0.2) is 31.6 Å². The summed E-state index contributed by atoms with van der Waals surface area (Å²) in [6.07, 6.45) is 4.46. The molecule has 2 aromatic heterocycles. The Balaban J connectivity index is 1.82. The van der Waals surface area contributed by atoms with Gasteiger partial charge in [0, 0.05) is 32.4 Å². The topological polar surface area (TPSA) is 89.2 Å². The molecule has 0 amide bonds. The third-order valence-electron chi connectivity index (χ3n) is 2.92. The van der Waals surface area contributed by atoms with Crippen LogP contribution in [0.1, 0.15) is 11.6 Å². The quantitative estimate of drug-likeness (QED) is 0.715. The number of sulfonamides is 1. The van der Waals surface area contributed by atoms with E-state index in [2.05, 4.69) is 15.0 Å². The van der Waals surface area contributed by atoms with Crippen molar-refractivity contribution in [2.24, 2.45) is 7.05 Å². The predicted octanol–water partition coefficient (Wildman–Crippen LogP) is 0.253. The minimum absolute atomic E-state index is 0.0686. The SMILES string of the molecule is CNS(=O)(=O)c1ccc(CNCCc2nccn2C)o1. The Bertz CT molecular complexity index is 660. The van der Waals surface area contributed by atoms with Gasteiger partial charge in [-0.3, -0.25) is 0 Å². The molecule has 2 rings (SSSR count).